The fraction of sp³-hybridized carbons (Fsp3) is 0.125. The molecule has 1 rings (SSSR count). The highest BCUT2D eigenvalue weighted by Crippen LogP contribution is 2.24. The highest BCUT2D eigenvalue weighted by molar-refractivity contribution is 7.90. The summed E-state index contributed by atoms with van der Waals surface area (Å²) in [4.78, 5) is 11.0. The van der Waals surface area contributed by atoms with E-state index in [0.29, 0.717) is 0 Å². The van der Waals surface area contributed by atoms with E-state index in [0.717, 1.165) is 0 Å². The van der Waals surface area contributed by atoms with E-state index < -0.39 is 50.3 Å². The van der Waals surface area contributed by atoms with Crippen LogP contribution >= 0.6 is 0 Å². The molecular weight excluding hydrogens is 323 g/mol. The Kier molecular flexibility index (Phi) is 3.99. The molecule has 0 aliphatic carbocycles. The fourth-order valence-corrected chi connectivity index (χ4v) is 1.47. The maximum Gasteiger partial charge on any atom is 0.516 e. The van der Waals surface area contributed by atoms with E-state index in [1.165, 1.54) is 0 Å². The van der Waals surface area contributed by atoms with Gasteiger partial charge in [0.05, 0.1) is 0 Å². The summed E-state index contributed by atoms with van der Waals surface area (Å²) < 4.78 is 109. The topological polar surface area (TPSA) is 63.2 Å². The van der Waals surface area contributed by atoms with Crippen molar-refractivity contribution >= 4 is 15.9 Å². The summed E-state index contributed by atoms with van der Waals surface area (Å²) in [5.41, 5.74) is -8.09. The van der Waals surface area contributed by atoms with E-state index in [4.69, 9.17) is 0 Å². The second-order valence-corrected chi connectivity index (χ2v) is 4.90. The maximum absolute atomic E-state index is 13.0. The van der Waals surface area contributed by atoms with Gasteiger partial charge in [-0.3, -0.25) is 4.79 Å². The van der Waals surface area contributed by atoms with E-state index in [1.54, 1.807) is 0 Å². The molecule has 0 aliphatic heterocycles. The summed E-state index contributed by atoms with van der Waals surface area (Å²) in [7, 11) is -6.28. The zero-order valence-electron chi connectivity index (χ0n) is 8.86. The van der Waals surface area contributed by atoms with Crippen LogP contribution in [0.25, 0.3) is 0 Å². The molecule has 1 aromatic rings. The summed E-state index contributed by atoms with van der Waals surface area (Å²) >= 11 is 0. The molecule has 0 saturated carbocycles. The highest BCUT2D eigenvalue weighted by Gasteiger charge is 2.47. The lowest BCUT2D eigenvalue weighted by atomic mass is 10.1. The lowest BCUT2D eigenvalue weighted by molar-refractivity contribution is -0.0446. The average Bonchev–Trinajstić information content (AvgIpc) is 2.24. The number of carbonyl (C=O) groups is 1. The van der Waals surface area contributed by atoms with Crippen molar-refractivity contribution in [3.63, 3.8) is 0 Å². The molecule has 0 aromatic heterocycles. The predicted octanol–water partition coefficient (Wildman–Crippen LogP) is 1.82. The van der Waals surface area contributed by atoms with Gasteiger partial charge >= 0.3 is 15.5 Å². The van der Waals surface area contributed by atoms with Crippen LogP contribution in [0.5, 0.6) is 0 Å². The van der Waals surface area contributed by atoms with Crippen molar-refractivity contribution in [3.8, 4) is 0 Å². The van der Waals surface area contributed by atoms with Crippen LogP contribution in [0.2, 0.25) is 0 Å². The van der Waals surface area contributed by atoms with Crippen molar-refractivity contribution < 1.29 is 43.9 Å². The van der Waals surface area contributed by atoms with E-state index >= 15 is 0 Å². The number of carbonyl (C=O) groups excluding carboxylic acids is 1. The number of halogens is 7. The van der Waals surface area contributed by atoms with Crippen molar-refractivity contribution in [2.24, 2.45) is 0 Å². The van der Waals surface area contributed by atoms with Crippen LogP contribution in [-0.4, -0.2) is 19.8 Å². The molecule has 0 radical (unpaired) electrons. The van der Waals surface area contributed by atoms with Crippen LogP contribution in [0.4, 0.5) is 30.7 Å². The van der Waals surface area contributed by atoms with Gasteiger partial charge in [-0.05, 0) is 0 Å². The predicted molar refractivity (Wildman–Crippen MR) is 48.7 cm³/mol. The number of nitrogens with one attached hydrogen (secondary N) is 1. The number of hydrogen-bond donors (Lipinski definition) is 1. The van der Waals surface area contributed by atoms with Crippen molar-refractivity contribution in [2.45, 2.75) is 5.51 Å². The summed E-state index contributed by atoms with van der Waals surface area (Å²) in [5.74, 6) is -11.3. The Morgan fingerprint density at radius 3 is 1.75 bits per heavy atom. The van der Waals surface area contributed by atoms with Crippen molar-refractivity contribution in [2.75, 3.05) is 0 Å². The van der Waals surface area contributed by atoms with Gasteiger partial charge in [-0.2, -0.15) is 21.6 Å². The zero-order valence-corrected chi connectivity index (χ0v) is 9.67. The number of amides is 1. The quantitative estimate of drug-likeness (QED) is 0.666. The maximum atomic E-state index is 13.0. The first-order chi connectivity index (χ1) is 8.88. The molecule has 0 bridgehead atoms. The van der Waals surface area contributed by atoms with Gasteiger partial charge in [-0.15, -0.1) is 0 Å². The summed E-state index contributed by atoms with van der Waals surface area (Å²) in [6.07, 6.45) is 0. The van der Waals surface area contributed by atoms with Gasteiger partial charge in [-0.25, -0.2) is 22.3 Å². The first-order valence-corrected chi connectivity index (χ1v) is 5.83. The largest absolute Gasteiger partial charge is 0.516 e. The molecule has 4 nitrogen and oxygen atoms in total. The SMILES string of the molecule is O=C(NS(=O)(=O)C(F)(F)F)c1c(F)c(F)cc(F)c1F. The molecule has 0 spiro atoms. The van der Waals surface area contributed by atoms with Gasteiger partial charge in [0.25, 0.3) is 5.91 Å². The second-order valence-electron chi connectivity index (χ2n) is 3.22. The Balaban J connectivity index is 3.32. The van der Waals surface area contributed by atoms with Gasteiger partial charge in [-0.1, -0.05) is 0 Å². The Morgan fingerprint density at radius 1 is 1.00 bits per heavy atom. The molecule has 1 amide bonds. The van der Waals surface area contributed by atoms with Crippen LogP contribution in [0.15, 0.2) is 6.07 Å². The minimum absolute atomic E-state index is 0.244. The van der Waals surface area contributed by atoms with Gasteiger partial charge in [0.1, 0.15) is 5.56 Å². The third-order valence-corrected chi connectivity index (χ3v) is 2.93. The Morgan fingerprint density at radius 2 is 1.40 bits per heavy atom. The standard InChI is InChI=1S/C8H2F7NO3S/c9-2-1-3(10)6(12)4(5(2)11)7(17)16-20(18,19)8(13,14)15/h1H,(H,16,17). The summed E-state index contributed by atoms with van der Waals surface area (Å²) in [5, 5.41) is 0. The highest BCUT2D eigenvalue weighted by atomic mass is 32.2. The first-order valence-electron chi connectivity index (χ1n) is 4.35. The summed E-state index contributed by atoms with van der Waals surface area (Å²) in [6, 6.07) is -0.306. The number of benzene rings is 1. The molecule has 20 heavy (non-hydrogen) atoms. The van der Waals surface area contributed by atoms with Crippen LogP contribution in [0, 0.1) is 23.3 Å². The lowest BCUT2D eigenvalue weighted by Gasteiger charge is -2.10. The lowest BCUT2D eigenvalue weighted by Crippen LogP contribution is -2.41. The minimum atomic E-state index is -6.28. The molecule has 1 aromatic carbocycles. The average molecular weight is 325 g/mol. The minimum Gasteiger partial charge on any atom is -0.268 e. The molecular formula is C8H2F7NO3S. The summed E-state index contributed by atoms with van der Waals surface area (Å²) in [6.45, 7) is 0. The van der Waals surface area contributed by atoms with Gasteiger partial charge < -0.3 is 0 Å². The van der Waals surface area contributed by atoms with Crippen molar-refractivity contribution in [3.05, 3.63) is 34.9 Å². The third-order valence-electron chi connectivity index (χ3n) is 1.87. The fourth-order valence-electron chi connectivity index (χ4n) is 1.00. The molecule has 0 heterocycles. The molecule has 1 N–H and O–H groups in total. The van der Waals surface area contributed by atoms with Crippen LogP contribution in [0.3, 0.4) is 0 Å². The Labute approximate surface area is 106 Å². The molecule has 12 heteroatoms. The molecule has 0 unspecified atom stereocenters. The van der Waals surface area contributed by atoms with Gasteiger partial charge in [0, 0.05) is 6.07 Å². The van der Waals surface area contributed by atoms with Crippen molar-refractivity contribution in [1.29, 1.82) is 0 Å². The third kappa shape index (κ3) is 2.84. The van der Waals surface area contributed by atoms with Crippen LogP contribution in [-0.2, 0) is 10.0 Å². The number of sulfonamides is 1. The van der Waals surface area contributed by atoms with Gasteiger partial charge in [0.2, 0.25) is 0 Å². The Bertz CT molecular complexity index is 641. The molecule has 0 aliphatic rings. The van der Waals surface area contributed by atoms with Crippen LogP contribution in [0.1, 0.15) is 10.4 Å². The second kappa shape index (κ2) is 4.92. The molecule has 0 saturated heterocycles. The molecule has 0 atom stereocenters. The molecule has 0 fully saturated rings. The van der Waals surface area contributed by atoms with E-state index in [1.807, 2.05) is 0 Å². The number of hydrogen-bond acceptors (Lipinski definition) is 3. The first kappa shape index (κ1) is 16.2. The van der Waals surface area contributed by atoms with Crippen molar-refractivity contribution in [1.82, 2.24) is 4.72 Å². The number of alkyl halides is 3. The normalized spacial score (nSPS) is 12.3. The Hall–Kier alpha value is -1.85. The number of rotatable bonds is 2. The van der Waals surface area contributed by atoms with Crippen LogP contribution < -0.4 is 4.72 Å². The van der Waals surface area contributed by atoms with E-state index in [2.05, 4.69) is 0 Å². The zero-order chi connectivity index (χ0) is 15.9. The van der Waals surface area contributed by atoms with Gasteiger partial charge in [0.15, 0.2) is 23.3 Å². The molecule has 112 valence electrons. The smallest absolute Gasteiger partial charge is 0.268 e. The monoisotopic (exact) mass is 325 g/mol. The van der Waals surface area contributed by atoms with E-state index in [9.17, 15) is 43.9 Å². The van der Waals surface area contributed by atoms with E-state index in [-0.39, 0.29) is 10.8 Å².